The number of aromatic carboxylic acids is 1. The van der Waals surface area contributed by atoms with Crippen molar-refractivity contribution < 1.29 is 43.3 Å². The number of halogens is 2. The highest BCUT2D eigenvalue weighted by molar-refractivity contribution is 14.1. The van der Waals surface area contributed by atoms with E-state index in [1.165, 1.54) is 76.3 Å². The maximum Gasteiger partial charge on any atom is 0.339 e. The molecular weight excluding hydrogens is 1680 g/mol. The average molecular weight is 1800 g/mol. The Labute approximate surface area is 727 Å². The van der Waals surface area contributed by atoms with Crippen molar-refractivity contribution in [3.63, 3.8) is 0 Å². The highest BCUT2D eigenvalue weighted by Gasteiger charge is 2.42. The number of ether oxygens (including phenoxy) is 3. The van der Waals surface area contributed by atoms with Crippen molar-refractivity contribution >= 4 is 147 Å². The summed E-state index contributed by atoms with van der Waals surface area (Å²) < 4.78 is 15.2. The van der Waals surface area contributed by atoms with E-state index in [0.29, 0.717) is 45.0 Å². The average Bonchev–Trinajstić information content (AvgIpc) is 1.62. The number of Topliss-reactive ketones (excluding diaryl/α,β-unsaturated/α-hetero) is 1. The Hall–Kier alpha value is -8.41. The smallest absolute Gasteiger partial charge is 0.339 e. The van der Waals surface area contributed by atoms with Crippen LogP contribution in [0.1, 0.15) is 269 Å². The molecule has 0 unspecified atom stereocenters. The maximum absolute atomic E-state index is 11.7. The highest BCUT2D eigenvalue weighted by Crippen LogP contribution is 2.51. The number of anilines is 7. The Balaban J connectivity index is 0.000000198. The van der Waals surface area contributed by atoms with Crippen LogP contribution >= 0.6 is 79.5 Å². The SMILES string of the molecule is CC1(C)C=CC(C)(C)C(=O)C1.CC1(C)C=CC(C)(C)c2sc(N)nc21.CCCI.CCCN(c1ccc(C(=O)O)cn1)c1nc2c(s1)C(C)(C)C=CC2(C)C.CCCN(c1ccc(C(=O)OC)cn1)c1nc2c(s1)C(C)(C)C=CC2(C)C.COC(=O)c1ccc(Cl)nc1.COC(=O)c1ccc(Nc2nc3c(s2)C(C)(C)C=CC3(C)C)nc1. The Morgan fingerprint density at radius 1 is 0.453 bits per heavy atom. The van der Waals surface area contributed by atoms with Crippen LogP contribution in [0.25, 0.3) is 0 Å². The first kappa shape index (κ1) is 95.7. The van der Waals surface area contributed by atoms with Crippen molar-refractivity contribution in [2.24, 2.45) is 10.8 Å². The second kappa shape index (κ2) is 38.8. The number of carbonyl (C=O) groups excluding carboxylic acids is 4. The highest BCUT2D eigenvalue weighted by atomic mass is 127. The van der Waals surface area contributed by atoms with Gasteiger partial charge in [-0.3, -0.25) is 4.79 Å². The largest absolute Gasteiger partial charge is 0.478 e. The molecule has 8 aromatic rings. The Morgan fingerprint density at radius 2 is 0.795 bits per heavy atom. The zero-order valence-corrected chi connectivity index (χ0v) is 79.0. The van der Waals surface area contributed by atoms with Crippen LogP contribution in [-0.2, 0) is 62.3 Å². The maximum atomic E-state index is 11.7. The van der Waals surface area contributed by atoms with Gasteiger partial charge in [-0.05, 0) is 91.5 Å². The number of allylic oxidation sites excluding steroid dienone is 10. The van der Waals surface area contributed by atoms with Gasteiger partial charge >= 0.3 is 23.9 Å². The predicted molar refractivity (Wildman–Crippen MR) is 490 cm³/mol. The van der Waals surface area contributed by atoms with Crippen LogP contribution in [0, 0.1) is 10.8 Å². The zero-order chi connectivity index (χ0) is 87.4. The van der Waals surface area contributed by atoms with Gasteiger partial charge in [-0.2, -0.15) is 0 Å². The van der Waals surface area contributed by atoms with E-state index in [1.807, 2.05) is 26.0 Å². The number of rotatable bonds is 15. The minimum atomic E-state index is -0.967. The Bertz CT molecular complexity index is 4800. The van der Waals surface area contributed by atoms with Crippen LogP contribution in [0.15, 0.2) is 134 Å². The molecule has 0 bridgehead atoms. The van der Waals surface area contributed by atoms with Gasteiger partial charge in [-0.25, -0.2) is 59.0 Å². The number of nitrogens with zero attached hydrogens (tertiary/aromatic N) is 10. The Kier molecular flexibility index (Phi) is 31.7. The summed E-state index contributed by atoms with van der Waals surface area (Å²) in [5, 5.41) is 16.0. The predicted octanol–water partition coefficient (Wildman–Crippen LogP) is 22.9. The van der Waals surface area contributed by atoms with E-state index < -0.39 is 17.9 Å². The minimum Gasteiger partial charge on any atom is -0.478 e. The fourth-order valence-electron chi connectivity index (χ4n) is 12.5. The number of nitrogens with one attached hydrogen (secondary N) is 1. The number of pyridine rings is 4. The van der Waals surface area contributed by atoms with E-state index in [0.717, 1.165) is 75.7 Å². The number of fused-ring (bicyclic) bond motifs is 4. The van der Waals surface area contributed by atoms with Gasteiger partial charge in [0, 0.05) is 113 Å². The summed E-state index contributed by atoms with van der Waals surface area (Å²) in [4.78, 5) is 102. The summed E-state index contributed by atoms with van der Waals surface area (Å²) in [5.41, 5.74) is 11.4. The van der Waals surface area contributed by atoms with Crippen LogP contribution < -0.4 is 20.9 Å². The summed E-state index contributed by atoms with van der Waals surface area (Å²) in [5.74, 6) is 0.372. The molecule has 27 heteroatoms. The summed E-state index contributed by atoms with van der Waals surface area (Å²) in [6.07, 6.45) is 31.9. The number of nitrogen functional groups attached to an aromatic ring is 1. The molecule has 0 spiro atoms. The zero-order valence-electron chi connectivity index (χ0n) is 72.8. The third kappa shape index (κ3) is 24.2. The lowest BCUT2D eigenvalue weighted by atomic mass is 9.72. The van der Waals surface area contributed by atoms with Gasteiger partial charge in [-0.1, -0.05) is 240 Å². The van der Waals surface area contributed by atoms with Gasteiger partial charge in [0.1, 0.15) is 28.4 Å². The summed E-state index contributed by atoms with van der Waals surface area (Å²) in [6.45, 7) is 51.3. The van der Waals surface area contributed by atoms with E-state index in [9.17, 15) is 24.0 Å². The molecule has 8 aromatic heterocycles. The van der Waals surface area contributed by atoms with E-state index in [1.54, 1.807) is 87.9 Å². The van der Waals surface area contributed by atoms with Gasteiger partial charge in [-0.15, -0.1) is 45.3 Å². The van der Waals surface area contributed by atoms with Crippen molar-refractivity contribution in [2.75, 3.05) is 59.7 Å². The number of alkyl halides is 1. The van der Waals surface area contributed by atoms with Crippen LogP contribution in [0.3, 0.4) is 0 Å². The fourth-order valence-corrected chi connectivity index (χ4v) is 17.6. The number of esters is 3. The topological polar surface area (TPSA) is 281 Å². The Morgan fingerprint density at radius 3 is 1.10 bits per heavy atom. The number of methoxy groups -OCH3 is 3. The number of thiazole rings is 4. The van der Waals surface area contributed by atoms with E-state index >= 15 is 0 Å². The molecule has 5 aliphatic rings. The van der Waals surface area contributed by atoms with Crippen LogP contribution in [0.2, 0.25) is 5.15 Å². The molecule has 21 nitrogen and oxygen atoms in total. The van der Waals surface area contributed by atoms with Crippen molar-refractivity contribution in [2.45, 2.75) is 228 Å². The van der Waals surface area contributed by atoms with Gasteiger partial charge in [0.25, 0.3) is 0 Å². The van der Waals surface area contributed by atoms with E-state index in [-0.39, 0.29) is 65.7 Å². The molecule has 8 heterocycles. The minimum absolute atomic E-state index is 0.0232. The first-order valence-electron chi connectivity index (χ1n) is 39.1. The molecule has 0 saturated heterocycles. The molecule has 0 fully saturated rings. The molecule has 0 radical (unpaired) electrons. The first-order valence-corrected chi connectivity index (χ1v) is 44.3. The van der Waals surface area contributed by atoms with Crippen molar-refractivity contribution in [1.82, 2.24) is 39.9 Å². The fraction of sp³-hybridized carbons (Fsp3) is 0.478. The van der Waals surface area contributed by atoms with Crippen LogP contribution in [0.5, 0.6) is 0 Å². The molecule has 0 aliphatic heterocycles. The molecule has 630 valence electrons. The number of carboxylic acid groups (broad SMARTS) is 1. The van der Waals surface area contributed by atoms with E-state index in [4.69, 9.17) is 42.1 Å². The molecule has 0 atom stereocenters. The number of ketones is 1. The van der Waals surface area contributed by atoms with E-state index in [2.05, 4.69) is 272 Å². The molecule has 4 N–H and O–H groups in total. The lowest BCUT2D eigenvalue weighted by Gasteiger charge is -2.32. The number of hydrogen-bond donors (Lipinski definition) is 3. The van der Waals surface area contributed by atoms with Crippen molar-refractivity contribution in [1.29, 1.82) is 0 Å². The summed E-state index contributed by atoms with van der Waals surface area (Å²) in [6, 6.07) is 13.5. The molecule has 13 rings (SSSR count). The lowest BCUT2D eigenvalue weighted by Crippen LogP contribution is -2.31. The number of carboxylic acids is 1. The molecule has 5 aliphatic carbocycles. The number of nitrogens with two attached hydrogens (primary N) is 1. The van der Waals surface area contributed by atoms with Gasteiger partial charge < -0.3 is 40.2 Å². The van der Waals surface area contributed by atoms with Gasteiger partial charge in [0.15, 0.2) is 20.5 Å². The van der Waals surface area contributed by atoms with Crippen molar-refractivity contribution in [3.8, 4) is 0 Å². The molecular formula is C90H118ClIN12O9S4. The number of hydrogen-bond acceptors (Lipinski definition) is 24. The monoisotopic (exact) mass is 1800 g/mol. The molecule has 0 aromatic carbocycles. The van der Waals surface area contributed by atoms with Gasteiger partial charge in [0.2, 0.25) is 0 Å². The summed E-state index contributed by atoms with van der Waals surface area (Å²) >= 11 is 14.6. The number of carbonyl (C=O) groups is 5. The van der Waals surface area contributed by atoms with Crippen LogP contribution in [0.4, 0.5) is 38.0 Å². The second-order valence-electron chi connectivity index (χ2n) is 35.0. The van der Waals surface area contributed by atoms with Crippen molar-refractivity contribution in [3.05, 3.63) is 204 Å². The molecule has 0 saturated carbocycles. The third-order valence-corrected chi connectivity index (χ3v) is 26.7. The van der Waals surface area contributed by atoms with Crippen LogP contribution in [-0.4, -0.2) is 113 Å². The second-order valence-corrected chi connectivity index (χ2v) is 40.5. The first-order chi connectivity index (χ1) is 54.4. The standard InChI is InChI=1S/C21H27N3O2S.C20H25N3O2S.C18H21N3O2S.C11H16N2S.C10H16O.C7H6ClNO2.C3H7I/c1-7-12-24(15-9-8-14(13-22-15)18(25)26-6)19-23-16-17(27-19)21(4,5)11-10-20(16,2)3;1-6-11-23(14-8-7-13(12-21-14)17(24)25)18-22-15-16(26-18)20(4,5)10-9-19(15,2)3;1-17(2)8-9-18(3,4)14-13(17)21-16(24-14)20-12-7-6-11(10-19-12)15(22)23-5;1-10(2)5-6-11(3,4)8-7(10)13-9(12)14-8;1-9(2)5-6-10(3,4)8(11)7-9;1-11-7(10)5-2-3-6(8)9-4-5;1-2-3-4/h8-11,13H,7,12H2,1-6H3;7-10,12H,6,11H2,1-5H3,(H,24,25);6-10H,1-5H3,(H,19,20,21);5-6H,1-4H3,(H2,12,13);5-6H,7H2,1-4H3;2-4H,1H3;2-3H2,1H3. The third-order valence-electron chi connectivity index (χ3n) is 20.1. The normalized spacial score (nSPS) is 17.5. The quantitative estimate of drug-likeness (QED) is 0.0215. The van der Waals surface area contributed by atoms with Gasteiger partial charge in [0.05, 0.1) is 66.4 Å². The number of aromatic nitrogens is 8. The molecule has 117 heavy (non-hydrogen) atoms. The lowest BCUT2D eigenvalue weighted by molar-refractivity contribution is -0.127. The summed E-state index contributed by atoms with van der Waals surface area (Å²) in [7, 11) is 4.04. The molecule has 0 amide bonds.